The Bertz CT molecular complexity index is 1730. The number of halogens is 3. The summed E-state index contributed by atoms with van der Waals surface area (Å²) in [5.74, 6) is -0.0796. The van der Waals surface area contributed by atoms with E-state index in [4.69, 9.17) is 25.8 Å². The third-order valence-corrected chi connectivity index (χ3v) is 8.11. The van der Waals surface area contributed by atoms with Crippen LogP contribution in [0.25, 0.3) is 6.08 Å². The van der Waals surface area contributed by atoms with E-state index < -0.39 is 17.8 Å². The van der Waals surface area contributed by atoms with E-state index in [-0.39, 0.29) is 17.9 Å². The van der Waals surface area contributed by atoms with Gasteiger partial charge in [-0.05, 0) is 94.4 Å². The molecular formula is C32H23BrClIN2O6. The number of hydrogen-bond donors (Lipinski definition) is 1. The van der Waals surface area contributed by atoms with Crippen LogP contribution < -0.4 is 24.4 Å². The molecule has 0 spiro atoms. The summed E-state index contributed by atoms with van der Waals surface area (Å²) >= 11 is 11.7. The number of ether oxygens (including phenoxy) is 3. The highest BCUT2D eigenvalue weighted by Gasteiger charge is 2.37. The number of hydrogen-bond acceptors (Lipinski definition) is 6. The molecule has 4 aromatic rings. The molecule has 1 fully saturated rings. The molecule has 0 radical (unpaired) electrons. The van der Waals surface area contributed by atoms with Gasteiger partial charge in [-0.15, -0.1) is 0 Å². The Morgan fingerprint density at radius 1 is 0.930 bits per heavy atom. The Morgan fingerprint density at radius 3 is 2.35 bits per heavy atom. The molecule has 5 rings (SSSR count). The Labute approximate surface area is 274 Å². The van der Waals surface area contributed by atoms with Crippen molar-refractivity contribution >= 4 is 79.7 Å². The number of carbonyl (C=O) groups excluding carboxylic acids is 3. The first kappa shape index (κ1) is 30.6. The van der Waals surface area contributed by atoms with Crippen molar-refractivity contribution in [2.75, 3.05) is 12.0 Å². The van der Waals surface area contributed by atoms with Gasteiger partial charge in [0.2, 0.25) is 0 Å². The smallest absolute Gasteiger partial charge is 0.335 e. The van der Waals surface area contributed by atoms with Crippen molar-refractivity contribution in [3.05, 3.63) is 120 Å². The molecule has 43 heavy (non-hydrogen) atoms. The second-order valence-corrected chi connectivity index (χ2v) is 11.8. The minimum atomic E-state index is -0.847. The summed E-state index contributed by atoms with van der Waals surface area (Å²) < 4.78 is 19.1. The average Bonchev–Trinajstić information content (AvgIpc) is 2.99. The topological polar surface area (TPSA) is 94.2 Å². The van der Waals surface area contributed by atoms with Crippen molar-refractivity contribution in [3.8, 4) is 17.2 Å². The van der Waals surface area contributed by atoms with Crippen molar-refractivity contribution in [1.29, 1.82) is 0 Å². The average molecular weight is 774 g/mol. The molecule has 0 atom stereocenters. The van der Waals surface area contributed by atoms with E-state index in [9.17, 15) is 14.4 Å². The second-order valence-electron chi connectivity index (χ2n) is 9.28. The summed E-state index contributed by atoms with van der Waals surface area (Å²) in [5.41, 5.74) is 2.38. The molecule has 0 saturated carbocycles. The van der Waals surface area contributed by atoms with Crippen molar-refractivity contribution in [2.24, 2.45) is 0 Å². The number of carbonyl (C=O) groups is 3. The molecule has 1 aliphatic rings. The zero-order chi connectivity index (χ0) is 30.5. The van der Waals surface area contributed by atoms with E-state index in [0.29, 0.717) is 38.0 Å². The lowest BCUT2D eigenvalue weighted by atomic mass is 10.1. The largest absolute Gasteiger partial charge is 0.493 e. The van der Waals surface area contributed by atoms with Crippen LogP contribution >= 0.6 is 50.1 Å². The first-order valence-electron chi connectivity index (χ1n) is 12.9. The molecule has 8 nitrogen and oxygen atoms in total. The molecule has 1 aliphatic heterocycles. The lowest BCUT2D eigenvalue weighted by molar-refractivity contribution is -0.122. The van der Waals surface area contributed by atoms with Gasteiger partial charge < -0.3 is 14.2 Å². The normalized spacial score (nSPS) is 14.1. The molecular weight excluding hydrogens is 751 g/mol. The van der Waals surface area contributed by atoms with Crippen molar-refractivity contribution in [2.45, 2.75) is 13.2 Å². The van der Waals surface area contributed by atoms with Gasteiger partial charge in [0.1, 0.15) is 24.5 Å². The molecule has 4 amide bonds. The third kappa shape index (κ3) is 7.20. The van der Waals surface area contributed by atoms with Gasteiger partial charge in [-0.1, -0.05) is 57.9 Å². The van der Waals surface area contributed by atoms with Crippen LogP contribution in [0.2, 0.25) is 5.02 Å². The number of nitrogens with zero attached hydrogens (tertiary/aromatic N) is 1. The van der Waals surface area contributed by atoms with Crippen LogP contribution in [0.4, 0.5) is 10.5 Å². The van der Waals surface area contributed by atoms with Gasteiger partial charge in [-0.2, -0.15) is 0 Å². The standard InChI is InChI=1S/C32H23BrClIN2O6/c1-41-28-16-20(15-27(35)29(28)43-17-19-6-8-22(33)9-7-19)14-25-30(38)36-32(40)37(31(25)39)23-10-12-24(13-11-23)42-18-21-4-2-3-5-26(21)34/h2-16H,17-18H2,1H3,(H,36,38,40)/b25-14+. The monoisotopic (exact) mass is 772 g/mol. The maximum atomic E-state index is 13.4. The summed E-state index contributed by atoms with van der Waals surface area (Å²) in [4.78, 5) is 39.8. The minimum Gasteiger partial charge on any atom is -0.493 e. The van der Waals surface area contributed by atoms with Gasteiger partial charge in [0.15, 0.2) is 11.5 Å². The van der Waals surface area contributed by atoms with Crippen LogP contribution in [-0.2, 0) is 22.8 Å². The molecule has 0 unspecified atom stereocenters. The zero-order valence-electron chi connectivity index (χ0n) is 22.6. The fraction of sp³-hybridized carbons (Fsp3) is 0.0938. The van der Waals surface area contributed by atoms with Crippen LogP contribution in [0.15, 0.2) is 95.0 Å². The van der Waals surface area contributed by atoms with Gasteiger partial charge in [-0.25, -0.2) is 9.69 Å². The molecule has 0 aromatic heterocycles. The Morgan fingerprint density at radius 2 is 1.65 bits per heavy atom. The van der Waals surface area contributed by atoms with Crippen LogP contribution in [0.3, 0.4) is 0 Å². The number of anilines is 1. The van der Waals surface area contributed by atoms with E-state index in [1.165, 1.54) is 13.2 Å². The quantitative estimate of drug-likeness (QED) is 0.107. The van der Waals surface area contributed by atoms with E-state index in [2.05, 4.69) is 43.8 Å². The lowest BCUT2D eigenvalue weighted by Crippen LogP contribution is -2.54. The van der Waals surface area contributed by atoms with E-state index in [1.807, 2.05) is 42.5 Å². The van der Waals surface area contributed by atoms with Gasteiger partial charge in [-0.3, -0.25) is 14.9 Å². The van der Waals surface area contributed by atoms with Gasteiger partial charge in [0.25, 0.3) is 11.8 Å². The fourth-order valence-electron chi connectivity index (χ4n) is 4.23. The lowest BCUT2D eigenvalue weighted by Gasteiger charge is -2.26. The number of methoxy groups -OCH3 is 1. The first-order chi connectivity index (χ1) is 20.7. The molecule has 0 bridgehead atoms. The Kier molecular flexibility index (Phi) is 9.69. The van der Waals surface area contributed by atoms with Crippen molar-refractivity contribution < 1.29 is 28.6 Å². The van der Waals surface area contributed by atoms with Gasteiger partial charge >= 0.3 is 6.03 Å². The van der Waals surface area contributed by atoms with Gasteiger partial charge in [0, 0.05) is 15.1 Å². The van der Waals surface area contributed by atoms with Crippen LogP contribution in [0, 0.1) is 3.57 Å². The van der Waals surface area contributed by atoms with Crippen molar-refractivity contribution in [1.82, 2.24) is 5.32 Å². The summed E-state index contributed by atoms with van der Waals surface area (Å²) in [6, 6.07) is 24.1. The fourth-order valence-corrected chi connectivity index (χ4v) is 5.46. The molecule has 0 aliphatic carbocycles. The maximum Gasteiger partial charge on any atom is 0.335 e. The molecule has 218 valence electrons. The number of imide groups is 2. The minimum absolute atomic E-state index is 0.208. The number of nitrogens with one attached hydrogen (secondary N) is 1. The van der Waals surface area contributed by atoms with E-state index in [1.54, 1.807) is 42.5 Å². The number of amides is 4. The molecule has 1 saturated heterocycles. The van der Waals surface area contributed by atoms with Gasteiger partial charge in [0.05, 0.1) is 16.4 Å². The van der Waals surface area contributed by atoms with Crippen molar-refractivity contribution in [3.63, 3.8) is 0 Å². The number of barbiturate groups is 1. The summed E-state index contributed by atoms with van der Waals surface area (Å²) in [6.07, 6.45) is 1.42. The highest BCUT2D eigenvalue weighted by molar-refractivity contribution is 14.1. The predicted octanol–water partition coefficient (Wildman–Crippen LogP) is 7.54. The second kappa shape index (κ2) is 13.6. The first-order valence-corrected chi connectivity index (χ1v) is 15.1. The Hall–Kier alpha value is -3.87. The summed E-state index contributed by atoms with van der Waals surface area (Å²) in [7, 11) is 1.51. The number of rotatable bonds is 9. The third-order valence-electron chi connectivity index (χ3n) is 6.41. The Balaban J connectivity index is 1.34. The van der Waals surface area contributed by atoms with E-state index in [0.717, 1.165) is 20.5 Å². The summed E-state index contributed by atoms with van der Waals surface area (Å²) in [6.45, 7) is 0.571. The van der Waals surface area contributed by atoms with Crippen LogP contribution in [0.1, 0.15) is 16.7 Å². The summed E-state index contributed by atoms with van der Waals surface area (Å²) in [5, 5.41) is 2.84. The molecule has 11 heteroatoms. The maximum absolute atomic E-state index is 13.4. The molecule has 1 heterocycles. The zero-order valence-corrected chi connectivity index (χ0v) is 27.1. The number of urea groups is 1. The van der Waals surface area contributed by atoms with Crippen LogP contribution in [-0.4, -0.2) is 25.0 Å². The SMILES string of the molecule is COc1cc(/C=C2\C(=O)NC(=O)N(c3ccc(OCc4ccccc4Cl)cc3)C2=O)cc(I)c1OCc1ccc(Br)cc1. The predicted molar refractivity (Wildman–Crippen MR) is 175 cm³/mol. The molecule has 4 aromatic carbocycles. The van der Waals surface area contributed by atoms with E-state index >= 15 is 0 Å². The number of benzene rings is 4. The van der Waals surface area contributed by atoms with Crippen LogP contribution in [0.5, 0.6) is 17.2 Å². The molecule has 1 N–H and O–H groups in total. The highest BCUT2D eigenvalue weighted by Crippen LogP contribution is 2.36. The highest BCUT2D eigenvalue weighted by atomic mass is 127.